The molecule has 126 valence electrons. The lowest BCUT2D eigenvalue weighted by molar-refractivity contribution is -0.135. The summed E-state index contributed by atoms with van der Waals surface area (Å²) in [5, 5.41) is 6.01. The van der Waals surface area contributed by atoms with Gasteiger partial charge in [0, 0.05) is 25.4 Å². The fourth-order valence-corrected chi connectivity index (χ4v) is 3.73. The average Bonchev–Trinajstić information content (AvgIpc) is 3.01. The Kier molecular flexibility index (Phi) is 6.33. The Morgan fingerprint density at radius 3 is 2.70 bits per heavy atom. The summed E-state index contributed by atoms with van der Waals surface area (Å²) in [6.45, 7) is 4.36. The zero-order chi connectivity index (χ0) is 15.5. The molecule has 3 rings (SSSR count). The van der Waals surface area contributed by atoms with Gasteiger partial charge >= 0.3 is 0 Å². The van der Waals surface area contributed by atoms with Crippen LogP contribution in [0.5, 0.6) is 0 Å². The molecule has 1 aromatic carbocycles. The Morgan fingerprint density at radius 2 is 2.09 bits per heavy atom. The number of carbonyl (C=O) groups excluding carboxylic acids is 2. The number of hydrogen-bond donors (Lipinski definition) is 2. The number of carbonyl (C=O) groups is 2. The van der Waals surface area contributed by atoms with Crippen molar-refractivity contribution in [3.8, 4) is 0 Å². The van der Waals surface area contributed by atoms with Crippen molar-refractivity contribution in [1.82, 2.24) is 15.5 Å². The molecule has 2 aliphatic heterocycles. The van der Waals surface area contributed by atoms with Gasteiger partial charge in [-0.1, -0.05) is 43.0 Å². The summed E-state index contributed by atoms with van der Waals surface area (Å²) in [6, 6.07) is 8.12. The summed E-state index contributed by atoms with van der Waals surface area (Å²) in [6.07, 6.45) is 1.01. The molecule has 0 saturated carbocycles. The van der Waals surface area contributed by atoms with E-state index in [2.05, 4.69) is 41.8 Å². The van der Waals surface area contributed by atoms with Crippen LogP contribution in [-0.2, 0) is 11.2 Å². The minimum atomic E-state index is -0.381. The predicted octanol–water partition coefficient (Wildman–Crippen LogP) is 1.97. The maximum atomic E-state index is 12.7. The molecule has 0 aliphatic carbocycles. The van der Waals surface area contributed by atoms with Crippen molar-refractivity contribution < 1.29 is 9.59 Å². The van der Waals surface area contributed by atoms with Crippen molar-refractivity contribution >= 4 is 35.3 Å². The van der Waals surface area contributed by atoms with Crippen LogP contribution in [0.3, 0.4) is 0 Å². The quantitative estimate of drug-likeness (QED) is 0.870. The molecule has 0 radical (unpaired) electrons. The molecule has 7 heteroatoms. The van der Waals surface area contributed by atoms with Gasteiger partial charge in [0.05, 0.1) is 6.04 Å². The largest absolute Gasteiger partial charge is 0.334 e. The van der Waals surface area contributed by atoms with Gasteiger partial charge in [0.2, 0.25) is 5.91 Å². The fourth-order valence-electron chi connectivity index (χ4n) is 2.96. The zero-order valence-electron chi connectivity index (χ0n) is 13.1. The van der Waals surface area contributed by atoms with E-state index in [0.29, 0.717) is 12.3 Å². The van der Waals surface area contributed by atoms with E-state index in [0.717, 1.165) is 25.1 Å². The first-order valence-corrected chi connectivity index (χ1v) is 8.71. The van der Waals surface area contributed by atoms with Gasteiger partial charge in [-0.25, -0.2) is 0 Å². The van der Waals surface area contributed by atoms with Crippen LogP contribution in [0, 0.1) is 0 Å². The highest BCUT2D eigenvalue weighted by Gasteiger charge is 2.36. The summed E-state index contributed by atoms with van der Waals surface area (Å²) < 4.78 is 0. The van der Waals surface area contributed by atoms with E-state index in [1.54, 1.807) is 0 Å². The molecule has 1 aromatic rings. The first-order chi connectivity index (χ1) is 10.7. The van der Waals surface area contributed by atoms with Crippen LogP contribution >= 0.6 is 24.2 Å². The van der Waals surface area contributed by atoms with Crippen molar-refractivity contribution in [2.75, 3.05) is 25.4 Å². The van der Waals surface area contributed by atoms with Crippen molar-refractivity contribution in [1.29, 1.82) is 0 Å². The number of thioether (sulfide) groups is 1. The van der Waals surface area contributed by atoms with Gasteiger partial charge in [-0.05, 0) is 17.5 Å². The highest BCUT2D eigenvalue weighted by atomic mass is 35.5. The third kappa shape index (κ3) is 4.00. The van der Waals surface area contributed by atoms with Crippen LogP contribution in [0.1, 0.15) is 24.1 Å². The maximum Gasteiger partial charge on any atom is 0.279 e. The lowest BCUT2D eigenvalue weighted by Crippen LogP contribution is -2.54. The molecule has 1 unspecified atom stereocenters. The van der Waals surface area contributed by atoms with Crippen LogP contribution in [0.2, 0.25) is 0 Å². The monoisotopic (exact) mass is 355 g/mol. The SMILES string of the molecule is CCc1ccc(C2CNCCN2C(=O)[C@@H]2CSC(=O)N2)cc1.Cl. The Bertz CT molecular complexity index is 567. The molecule has 0 spiro atoms. The number of halogens is 1. The molecule has 23 heavy (non-hydrogen) atoms. The number of aryl methyl sites for hydroxylation is 1. The number of nitrogens with one attached hydrogen (secondary N) is 2. The van der Waals surface area contributed by atoms with E-state index in [1.165, 1.54) is 17.3 Å². The number of piperazine rings is 1. The number of amides is 2. The van der Waals surface area contributed by atoms with Crippen molar-refractivity contribution in [3.05, 3.63) is 35.4 Å². The molecule has 2 heterocycles. The number of hydrogen-bond acceptors (Lipinski definition) is 4. The highest BCUT2D eigenvalue weighted by Crippen LogP contribution is 2.25. The summed E-state index contributed by atoms with van der Waals surface area (Å²) in [7, 11) is 0. The van der Waals surface area contributed by atoms with Crippen LogP contribution in [0.25, 0.3) is 0 Å². The van der Waals surface area contributed by atoms with Gasteiger partial charge in [0.1, 0.15) is 6.04 Å². The molecule has 5 nitrogen and oxygen atoms in total. The summed E-state index contributed by atoms with van der Waals surface area (Å²) in [5.41, 5.74) is 2.44. The fraction of sp³-hybridized carbons (Fsp3) is 0.500. The summed E-state index contributed by atoms with van der Waals surface area (Å²) >= 11 is 1.19. The zero-order valence-corrected chi connectivity index (χ0v) is 14.7. The summed E-state index contributed by atoms with van der Waals surface area (Å²) in [4.78, 5) is 26.0. The summed E-state index contributed by atoms with van der Waals surface area (Å²) in [5.74, 6) is 0.563. The smallest absolute Gasteiger partial charge is 0.279 e. The van der Waals surface area contributed by atoms with E-state index >= 15 is 0 Å². The number of benzene rings is 1. The van der Waals surface area contributed by atoms with Gasteiger partial charge in [-0.2, -0.15) is 0 Å². The second kappa shape index (κ2) is 8.04. The molecule has 2 aliphatic rings. The minimum absolute atomic E-state index is 0. The minimum Gasteiger partial charge on any atom is -0.334 e. The van der Waals surface area contributed by atoms with Gasteiger partial charge in [-0.15, -0.1) is 12.4 Å². The lowest BCUT2D eigenvalue weighted by Gasteiger charge is -2.37. The molecular weight excluding hydrogens is 334 g/mol. The first-order valence-electron chi connectivity index (χ1n) is 7.72. The Balaban J connectivity index is 0.00000192. The predicted molar refractivity (Wildman–Crippen MR) is 95.2 cm³/mol. The van der Waals surface area contributed by atoms with Crippen molar-refractivity contribution in [2.24, 2.45) is 0 Å². The average molecular weight is 356 g/mol. The van der Waals surface area contributed by atoms with Crippen LogP contribution < -0.4 is 10.6 Å². The molecule has 2 N–H and O–H groups in total. The molecule has 2 fully saturated rings. The molecule has 0 aromatic heterocycles. The number of rotatable bonds is 3. The van der Waals surface area contributed by atoms with Gasteiger partial charge < -0.3 is 15.5 Å². The van der Waals surface area contributed by atoms with Crippen molar-refractivity contribution in [2.45, 2.75) is 25.4 Å². The molecule has 2 saturated heterocycles. The highest BCUT2D eigenvalue weighted by molar-refractivity contribution is 8.14. The van der Waals surface area contributed by atoms with Gasteiger partial charge in [0.15, 0.2) is 0 Å². The third-order valence-electron chi connectivity index (χ3n) is 4.27. The van der Waals surface area contributed by atoms with Crippen molar-refractivity contribution in [3.63, 3.8) is 0 Å². The normalized spacial score (nSPS) is 24.0. The standard InChI is InChI=1S/C16H21N3O2S.ClH/c1-2-11-3-5-12(6-4-11)14-9-17-7-8-19(14)15(20)13-10-22-16(21)18-13;/h3-6,13-14,17H,2,7-10H2,1H3,(H,18,21);1H/t13-,14?;/m0./s1. The molecule has 2 atom stereocenters. The second-order valence-electron chi connectivity index (χ2n) is 5.64. The lowest BCUT2D eigenvalue weighted by atomic mass is 10.00. The van der Waals surface area contributed by atoms with Crippen LogP contribution in [0.4, 0.5) is 4.79 Å². The second-order valence-corrected chi connectivity index (χ2v) is 6.63. The Morgan fingerprint density at radius 1 is 1.35 bits per heavy atom. The van der Waals surface area contributed by atoms with E-state index in [9.17, 15) is 9.59 Å². The Labute approximate surface area is 147 Å². The van der Waals surface area contributed by atoms with E-state index < -0.39 is 0 Å². The molecular formula is C16H22ClN3O2S. The Hall–Kier alpha value is -1.24. The van der Waals surface area contributed by atoms with E-state index in [4.69, 9.17) is 0 Å². The van der Waals surface area contributed by atoms with Gasteiger partial charge in [0.25, 0.3) is 5.24 Å². The van der Waals surface area contributed by atoms with E-state index in [1.807, 2.05) is 4.90 Å². The molecule has 0 bridgehead atoms. The topological polar surface area (TPSA) is 61.4 Å². The van der Waals surface area contributed by atoms with E-state index in [-0.39, 0.29) is 35.6 Å². The van der Waals surface area contributed by atoms with Crippen LogP contribution in [0.15, 0.2) is 24.3 Å². The number of nitrogens with zero attached hydrogens (tertiary/aromatic N) is 1. The molecule has 2 amide bonds. The van der Waals surface area contributed by atoms with Crippen LogP contribution in [-0.4, -0.2) is 47.5 Å². The maximum absolute atomic E-state index is 12.7. The first kappa shape index (κ1) is 18.1. The third-order valence-corrected chi connectivity index (χ3v) is 5.15. The van der Waals surface area contributed by atoms with Gasteiger partial charge in [-0.3, -0.25) is 9.59 Å².